The van der Waals surface area contributed by atoms with Crippen LogP contribution in [0.3, 0.4) is 0 Å². The molecule has 7 heteroatoms. The Morgan fingerprint density at radius 1 is 1.04 bits per heavy atom. The van der Waals surface area contributed by atoms with Crippen molar-refractivity contribution in [3.8, 4) is 11.4 Å². The summed E-state index contributed by atoms with van der Waals surface area (Å²) in [5, 5.41) is 14.5. The van der Waals surface area contributed by atoms with Crippen LogP contribution in [0.15, 0.2) is 48.8 Å². The van der Waals surface area contributed by atoms with Crippen LogP contribution in [0.4, 0.5) is 0 Å². The van der Waals surface area contributed by atoms with Crippen molar-refractivity contribution in [3.05, 3.63) is 64.4 Å². The van der Waals surface area contributed by atoms with Gasteiger partial charge in [0.1, 0.15) is 5.01 Å². The molecule has 0 aliphatic carbocycles. The maximum atomic E-state index is 5.89. The maximum absolute atomic E-state index is 5.89. The van der Waals surface area contributed by atoms with Crippen molar-refractivity contribution in [1.82, 2.24) is 24.8 Å². The monoisotopic (exact) mass is 339 g/mol. The number of aromatic nitrogens is 5. The minimum Gasteiger partial charge on any atom is -0.264 e. The van der Waals surface area contributed by atoms with E-state index in [2.05, 4.69) is 20.3 Å². The topological polar surface area (TPSA) is 56.0 Å². The van der Waals surface area contributed by atoms with Gasteiger partial charge in [0.2, 0.25) is 4.96 Å². The molecule has 5 nitrogen and oxygen atoms in total. The first-order valence-electron chi connectivity index (χ1n) is 6.86. The second-order valence-electron chi connectivity index (χ2n) is 4.78. The van der Waals surface area contributed by atoms with Crippen molar-refractivity contribution in [2.24, 2.45) is 0 Å². The Morgan fingerprint density at radius 3 is 2.70 bits per heavy atom. The van der Waals surface area contributed by atoms with Gasteiger partial charge in [0.25, 0.3) is 0 Å². The average molecular weight is 340 g/mol. The van der Waals surface area contributed by atoms with Gasteiger partial charge in [-0.05, 0) is 35.9 Å². The van der Waals surface area contributed by atoms with Gasteiger partial charge in [0.15, 0.2) is 5.82 Å². The van der Waals surface area contributed by atoms with E-state index in [9.17, 15) is 0 Å². The summed E-state index contributed by atoms with van der Waals surface area (Å²) in [6.07, 6.45) is 7.42. The van der Waals surface area contributed by atoms with Crippen molar-refractivity contribution in [2.45, 2.75) is 0 Å². The second-order valence-corrected chi connectivity index (χ2v) is 6.21. The van der Waals surface area contributed by atoms with E-state index in [1.54, 1.807) is 16.9 Å². The third kappa shape index (κ3) is 2.86. The van der Waals surface area contributed by atoms with Crippen molar-refractivity contribution in [1.29, 1.82) is 0 Å². The molecule has 0 unspecified atom stereocenters. The molecule has 3 heterocycles. The van der Waals surface area contributed by atoms with Gasteiger partial charge in [-0.25, -0.2) is 0 Å². The summed E-state index contributed by atoms with van der Waals surface area (Å²) in [6, 6.07) is 11.4. The maximum Gasteiger partial charge on any atom is 0.235 e. The molecule has 0 aliphatic rings. The standard InChI is InChI=1S/C16H10ClN5S/c17-13-6-3-11(4-7-13)5-8-14-21-22-15(19-20-16(22)23-14)12-2-1-9-18-10-12/h1-10H. The zero-order chi connectivity index (χ0) is 15.6. The number of fused-ring (bicyclic) bond motifs is 1. The van der Waals surface area contributed by atoms with Gasteiger partial charge in [0.05, 0.1) is 0 Å². The summed E-state index contributed by atoms with van der Waals surface area (Å²) >= 11 is 7.37. The predicted octanol–water partition coefficient (Wildman–Crippen LogP) is 4.07. The van der Waals surface area contributed by atoms with Crippen LogP contribution in [-0.4, -0.2) is 24.8 Å². The summed E-state index contributed by atoms with van der Waals surface area (Å²) in [7, 11) is 0. The Hall–Kier alpha value is -2.57. The molecule has 112 valence electrons. The normalized spacial score (nSPS) is 11.5. The number of benzene rings is 1. The molecule has 4 aromatic rings. The quantitative estimate of drug-likeness (QED) is 0.564. The number of hydrogen-bond donors (Lipinski definition) is 0. The molecule has 0 aliphatic heterocycles. The lowest BCUT2D eigenvalue weighted by Crippen LogP contribution is -1.90. The Balaban J connectivity index is 1.67. The Morgan fingerprint density at radius 2 is 1.91 bits per heavy atom. The molecule has 0 bridgehead atoms. The highest BCUT2D eigenvalue weighted by atomic mass is 35.5. The van der Waals surface area contributed by atoms with Crippen molar-refractivity contribution < 1.29 is 0 Å². The van der Waals surface area contributed by atoms with E-state index in [-0.39, 0.29) is 0 Å². The smallest absolute Gasteiger partial charge is 0.235 e. The highest BCUT2D eigenvalue weighted by molar-refractivity contribution is 7.17. The third-order valence-electron chi connectivity index (χ3n) is 3.21. The van der Waals surface area contributed by atoms with Crippen LogP contribution in [0.2, 0.25) is 5.02 Å². The molecule has 0 amide bonds. The number of hydrogen-bond acceptors (Lipinski definition) is 5. The lowest BCUT2D eigenvalue weighted by Gasteiger charge is -1.94. The van der Waals surface area contributed by atoms with Crippen molar-refractivity contribution in [2.75, 3.05) is 0 Å². The molecule has 23 heavy (non-hydrogen) atoms. The highest BCUT2D eigenvalue weighted by Gasteiger charge is 2.12. The van der Waals surface area contributed by atoms with Gasteiger partial charge >= 0.3 is 0 Å². The van der Waals surface area contributed by atoms with E-state index in [4.69, 9.17) is 11.6 Å². The van der Waals surface area contributed by atoms with E-state index in [1.165, 1.54) is 11.3 Å². The van der Waals surface area contributed by atoms with Crippen LogP contribution in [0.1, 0.15) is 10.6 Å². The molecule has 0 saturated heterocycles. The largest absolute Gasteiger partial charge is 0.264 e. The van der Waals surface area contributed by atoms with Gasteiger partial charge in [-0.3, -0.25) is 4.98 Å². The molecule has 3 aromatic heterocycles. The van der Waals surface area contributed by atoms with Gasteiger partial charge < -0.3 is 0 Å². The molecule has 0 atom stereocenters. The minimum atomic E-state index is 0.690. The Kier molecular flexibility index (Phi) is 3.61. The highest BCUT2D eigenvalue weighted by Crippen LogP contribution is 2.22. The fraction of sp³-hybridized carbons (Fsp3) is 0. The van der Waals surface area contributed by atoms with Gasteiger partial charge in [0, 0.05) is 23.0 Å². The lowest BCUT2D eigenvalue weighted by atomic mass is 10.2. The first-order valence-corrected chi connectivity index (χ1v) is 8.05. The summed E-state index contributed by atoms with van der Waals surface area (Å²) in [4.78, 5) is 4.86. The van der Waals surface area contributed by atoms with Crippen molar-refractivity contribution >= 4 is 40.1 Å². The number of nitrogens with zero attached hydrogens (tertiary/aromatic N) is 5. The first kappa shape index (κ1) is 14.0. The van der Waals surface area contributed by atoms with E-state index < -0.39 is 0 Å². The molecular formula is C16H10ClN5S. The Bertz CT molecular complexity index is 973. The second kappa shape index (κ2) is 5.91. The SMILES string of the molecule is Clc1ccc(C=Cc2nn3c(-c4cccnc4)nnc3s2)cc1. The molecular weight excluding hydrogens is 330 g/mol. The summed E-state index contributed by atoms with van der Waals surface area (Å²) in [5.74, 6) is 0.690. The molecule has 1 aromatic carbocycles. The Labute approximate surface area is 140 Å². The van der Waals surface area contributed by atoms with Gasteiger partial charge in [-0.15, -0.1) is 10.2 Å². The molecule has 0 N–H and O–H groups in total. The van der Waals surface area contributed by atoms with E-state index in [1.807, 2.05) is 48.6 Å². The van der Waals surface area contributed by atoms with Crippen LogP contribution >= 0.6 is 22.9 Å². The number of pyridine rings is 1. The fourth-order valence-electron chi connectivity index (χ4n) is 2.12. The van der Waals surface area contributed by atoms with Crippen LogP contribution in [0.5, 0.6) is 0 Å². The van der Waals surface area contributed by atoms with E-state index >= 15 is 0 Å². The summed E-state index contributed by atoms with van der Waals surface area (Å²) < 4.78 is 1.74. The van der Waals surface area contributed by atoms with Gasteiger partial charge in [-0.2, -0.15) is 9.61 Å². The molecule has 0 fully saturated rings. The van der Waals surface area contributed by atoms with Gasteiger partial charge in [-0.1, -0.05) is 41.1 Å². The first-order chi connectivity index (χ1) is 11.3. The molecule has 0 radical (unpaired) electrons. The van der Waals surface area contributed by atoms with Crippen LogP contribution in [-0.2, 0) is 0 Å². The summed E-state index contributed by atoms with van der Waals surface area (Å²) in [5.41, 5.74) is 1.95. The third-order valence-corrected chi connectivity index (χ3v) is 4.33. The fourth-order valence-corrected chi connectivity index (χ4v) is 2.98. The number of halogens is 1. The van der Waals surface area contributed by atoms with Crippen LogP contribution < -0.4 is 0 Å². The van der Waals surface area contributed by atoms with Crippen LogP contribution in [0.25, 0.3) is 28.5 Å². The average Bonchev–Trinajstić information content (AvgIpc) is 3.15. The van der Waals surface area contributed by atoms with E-state index in [0.29, 0.717) is 5.82 Å². The predicted molar refractivity (Wildman–Crippen MR) is 92.3 cm³/mol. The number of rotatable bonds is 3. The minimum absolute atomic E-state index is 0.690. The van der Waals surface area contributed by atoms with E-state index in [0.717, 1.165) is 26.1 Å². The van der Waals surface area contributed by atoms with Crippen molar-refractivity contribution in [3.63, 3.8) is 0 Å². The lowest BCUT2D eigenvalue weighted by molar-refractivity contribution is 0.958. The van der Waals surface area contributed by atoms with Crippen LogP contribution in [0, 0.1) is 0 Å². The molecule has 0 spiro atoms. The zero-order valence-corrected chi connectivity index (χ0v) is 13.4. The molecule has 0 saturated carbocycles. The summed E-state index contributed by atoms with van der Waals surface area (Å²) in [6.45, 7) is 0. The molecule has 4 rings (SSSR count). The zero-order valence-electron chi connectivity index (χ0n) is 11.8.